The van der Waals surface area contributed by atoms with E-state index >= 15 is 0 Å². The number of rotatable bonds is 0. The van der Waals surface area contributed by atoms with Crippen molar-refractivity contribution in [1.29, 1.82) is 0 Å². The van der Waals surface area contributed by atoms with Gasteiger partial charge in [-0.15, -0.1) is 0 Å². The van der Waals surface area contributed by atoms with Crippen molar-refractivity contribution in [3.63, 3.8) is 0 Å². The van der Waals surface area contributed by atoms with Crippen molar-refractivity contribution in [3.8, 4) is 0 Å². The van der Waals surface area contributed by atoms with Crippen molar-refractivity contribution in [3.05, 3.63) is 0 Å². The molecular weight excluding hydrogens is 104 g/mol. The van der Waals surface area contributed by atoms with Gasteiger partial charge >= 0.3 is 0 Å². The fourth-order valence-corrected chi connectivity index (χ4v) is 0.740. The molecule has 0 spiro atoms. The van der Waals surface area contributed by atoms with E-state index in [1.165, 1.54) is 0 Å². The van der Waals surface area contributed by atoms with Crippen LogP contribution in [0.25, 0.3) is 0 Å². The highest BCUT2D eigenvalue weighted by Gasteiger charge is 2.13. The highest BCUT2D eigenvalue weighted by atomic mass is 16.5. The predicted octanol–water partition coefficient (Wildman–Crippen LogP) is -0.419. The molecule has 0 bridgehead atoms. The van der Waals surface area contributed by atoms with E-state index in [9.17, 15) is 0 Å². The second kappa shape index (κ2) is 2.44. The van der Waals surface area contributed by atoms with Gasteiger partial charge in [0.2, 0.25) is 0 Å². The van der Waals surface area contributed by atoms with Crippen LogP contribution in [0, 0.1) is 0 Å². The third kappa shape index (κ3) is 1.18. The first-order valence-electron chi connectivity index (χ1n) is 2.90. The number of hydrogen-bond donors (Lipinski definition) is 1. The molecule has 0 aromatic rings. The van der Waals surface area contributed by atoms with Crippen LogP contribution in [-0.2, 0) is 4.74 Å². The van der Waals surface area contributed by atoms with E-state index < -0.39 is 0 Å². The van der Waals surface area contributed by atoms with Gasteiger partial charge in [-0.05, 0) is 6.92 Å². The number of hydrogen-bond acceptors (Lipinski definition) is 3. The number of ether oxygens (including phenoxy) is 1. The van der Waals surface area contributed by atoms with Crippen molar-refractivity contribution < 1.29 is 4.74 Å². The second-order valence-electron chi connectivity index (χ2n) is 2.16. The molecule has 0 unspecified atom stereocenters. The molecule has 0 saturated carbocycles. The van der Waals surface area contributed by atoms with Gasteiger partial charge in [-0.25, -0.2) is 5.01 Å². The van der Waals surface area contributed by atoms with E-state index in [-0.39, 0.29) is 0 Å². The molecule has 1 atom stereocenters. The summed E-state index contributed by atoms with van der Waals surface area (Å²) in [6, 6.07) is 0.392. The number of nitrogens with zero attached hydrogens (tertiary/aromatic N) is 1. The minimum Gasteiger partial charge on any atom is -0.378 e. The molecule has 1 heterocycles. The zero-order chi connectivity index (χ0) is 5.98. The SMILES string of the molecule is C[C@@H]1COCCN1N. The normalized spacial score (nSPS) is 33.0. The molecule has 1 aliphatic heterocycles. The maximum atomic E-state index is 5.53. The van der Waals surface area contributed by atoms with Gasteiger partial charge in [0.1, 0.15) is 0 Å². The molecule has 48 valence electrons. The van der Waals surface area contributed by atoms with E-state index in [0.29, 0.717) is 6.04 Å². The molecule has 3 nitrogen and oxygen atoms in total. The van der Waals surface area contributed by atoms with Crippen LogP contribution in [0.15, 0.2) is 0 Å². The monoisotopic (exact) mass is 116 g/mol. The van der Waals surface area contributed by atoms with Crippen molar-refractivity contribution >= 4 is 0 Å². The van der Waals surface area contributed by atoms with Crippen LogP contribution < -0.4 is 5.84 Å². The van der Waals surface area contributed by atoms with Gasteiger partial charge in [-0.3, -0.25) is 5.84 Å². The molecule has 0 aliphatic carbocycles. The summed E-state index contributed by atoms with van der Waals surface area (Å²) in [5.41, 5.74) is 0. The van der Waals surface area contributed by atoms with Crippen LogP contribution in [0.5, 0.6) is 0 Å². The molecule has 1 aliphatic rings. The van der Waals surface area contributed by atoms with Gasteiger partial charge in [-0.1, -0.05) is 0 Å². The molecule has 0 aromatic heterocycles. The number of nitrogens with two attached hydrogens (primary N) is 1. The zero-order valence-electron chi connectivity index (χ0n) is 5.13. The smallest absolute Gasteiger partial charge is 0.0633 e. The van der Waals surface area contributed by atoms with E-state index in [4.69, 9.17) is 10.6 Å². The summed E-state index contributed by atoms with van der Waals surface area (Å²) in [5, 5.41) is 1.81. The molecule has 3 heteroatoms. The van der Waals surface area contributed by atoms with Crippen LogP contribution in [0.2, 0.25) is 0 Å². The average molecular weight is 116 g/mol. The highest BCUT2D eigenvalue weighted by Crippen LogP contribution is 1.98. The predicted molar refractivity (Wildman–Crippen MR) is 31.2 cm³/mol. The van der Waals surface area contributed by atoms with Crippen LogP contribution in [0.4, 0.5) is 0 Å². The van der Waals surface area contributed by atoms with Gasteiger partial charge in [0.05, 0.1) is 13.2 Å². The number of hydrazine groups is 1. The average Bonchev–Trinajstić information content (AvgIpc) is 1.77. The lowest BCUT2D eigenvalue weighted by molar-refractivity contribution is -0.000660. The largest absolute Gasteiger partial charge is 0.378 e. The van der Waals surface area contributed by atoms with Crippen LogP contribution in [0.3, 0.4) is 0 Å². The topological polar surface area (TPSA) is 38.5 Å². The van der Waals surface area contributed by atoms with Gasteiger partial charge in [0.15, 0.2) is 0 Å². The lowest BCUT2D eigenvalue weighted by Crippen LogP contribution is -2.47. The highest BCUT2D eigenvalue weighted by molar-refractivity contribution is 4.63. The Balaban J connectivity index is 2.28. The lowest BCUT2D eigenvalue weighted by atomic mass is 10.3. The van der Waals surface area contributed by atoms with Crippen molar-refractivity contribution in [1.82, 2.24) is 5.01 Å². The van der Waals surface area contributed by atoms with Crippen molar-refractivity contribution in [2.24, 2.45) is 5.84 Å². The first kappa shape index (κ1) is 6.01. The standard InChI is InChI=1S/C5H12N2O/c1-5-4-8-3-2-7(5)6/h5H,2-4,6H2,1H3/t5-/m1/s1. The summed E-state index contributed by atoms with van der Waals surface area (Å²) in [4.78, 5) is 0. The Morgan fingerprint density at radius 2 is 2.50 bits per heavy atom. The third-order valence-corrected chi connectivity index (χ3v) is 1.42. The fourth-order valence-electron chi connectivity index (χ4n) is 0.740. The van der Waals surface area contributed by atoms with E-state index in [1.54, 1.807) is 0 Å². The van der Waals surface area contributed by atoms with Gasteiger partial charge in [-0.2, -0.15) is 0 Å². The Labute approximate surface area is 49.4 Å². The molecule has 1 fully saturated rings. The zero-order valence-corrected chi connectivity index (χ0v) is 5.13. The van der Waals surface area contributed by atoms with Crippen LogP contribution in [-0.4, -0.2) is 30.8 Å². The Kier molecular flexibility index (Phi) is 1.83. The molecule has 0 radical (unpaired) electrons. The summed E-state index contributed by atoms with van der Waals surface area (Å²) in [5.74, 6) is 5.53. The van der Waals surface area contributed by atoms with Crippen molar-refractivity contribution in [2.45, 2.75) is 13.0 Å². The molecule has 8 heavy (non-hydrogen) atoms. The van der Waals surface area contributed by atoms with E-state index in [0.717, 1.165) is 19.8 Å². The molecule has 0 aromatic carbocycles. The molecule has 2 N–H and O–H groups in total. The van der Waals surface area contributed by atoms with E-state index in [1.807, 2.05) is 5.01 Å². The molecule has 1 saturated heterocycles. The summed E-state index contributed by atoms with van der Waals surface area (Å²) < 4.78 is 5.13. The first-order chi connectivity index (χ1) is 3.80. The maximum absolute atomic E-state index is 5.53. The molecular formula is C5H12N2O. The Morgan fingerprint density at radius 3 is 2.88 bits per heavy atom. The summed E-state index contributed by atoms with van der Waals surface area (Å²) in [6.07, 6.45) is 0. The minimum absolute atomic E-state index is 0.392. The number of morpholine rings is 1. The van der Waals surface area contributed by atoms with E-state index in [2.05, 4.69) is 6.92 Å². The second-order valence-corrected chi connectivity index (χ2v) is 2.16. The fraction of sp³-hybridized carbons (Fsp3) is 1.00. The minimum atomic E-state index is 0.392. The molecule has 0 amide bonds. The Morgan fingerprint density at radius 1 is 1.75 bits per heavy atom. The van der Waals surface area contributed by atoms with Crippen molar-refractivity contribution in [2.75, 3.05) is 19.8 Å². The van der Waals surface area contributed by atoms with Gasteiger partial charge in [0.25, 0.3) is 0 Å². The first-order valence-corrected chi connectivity index (χ1v) is 2.90. The summed E-state index contributed by atoms with van der Waals surface area (Å²) in [6.45, 7) is 4.47. The maximum Gasteiger partial charge on any atom is 0.0633 e. The summed E-state index contributed by atoms with van der Waals surface area (Å²) >= 11 is 0. The quantitative estimate of drug-likeness (QED) is 0.437. The van der Waals surface area contributed by atoms with Crippen LogP contribution in [0.1, 0.15) is 6.92 Å². The Hall–Kier alpha value is -0.120. The Bertz CT molecular complexity index is 66.8. The third-order valence-electron chi connectivity index (χ3n) is 1.42. The van der Waals surface area contributed by atoms with Gasteiger partial charge in [0, 0.05) is 12.6 Å². The lowest BCUT2D eigenvalue weighted by Gasteiger charge is -2.28. The summed E-state index contributed by atoms with van der Waals surface area (Å²) in [7, 11) is 0. The van der Waals surface area contributed by atoms with Crippen LogP contribution >= 0.6 is 0 Å². The van der Waals surface area contributed by atoms with Gasteiger partial charge < -0.3 is 4.74 Å². The molecule has 1 rings (SSSR count).